The summed E-state index contributed by atoms with van der Waals surface area (Å²) >= 11 is 0. The number of hydrogen-bond acceptors (Lipinski definition) is 4. The number of amides is 2. The van der Waals surface area contributed by atoms with E-state index in [2.05, 4.69) is 22.4 Å². The third kappa shape index (κ3) is 4.32. The molecular formula is C22H25N3O3. The third-order valence-electron chi connectivity index (χ3n) is 5.57. The van der Waals surface area contributed by atoms with Crippen LogP contribution in [0.5, 0.6) is 5.75 Å². The van der Waals surface area contributed by atoms with Crippen LogP contribution >= 0.6 is 0 Å². The lowest BCUT2D eigenvalue weighted by molar-refractivity contribution is -0.136. The van der Waals surface area contributed by atoms with E-state index in [1.807, 2.05) is 18.2 Å². The van der Waals surface area contributed by atoms with Gasteiger partial charge in [-0.15, -0.1) is 0 Å². The van der Waals surface area contributed by atoms with Gasteiger partial charge in [-0.05, 0) is 67.5 Å². The summed E-state index contributed by atoms with van der Waals surface area (Å²) in [5.41, 5.74) is 2.73. The van der Waals surface area contributed by atoms with E-state index in [-0.39, 0.29) is 24.3 Å². The van der Waals surface area contributed by atoms with Crippen LogP contribution in [0.3, 0.4) is 0 Å². The first-order valence-corrected chi connectivity index (χ1v) is 9.93. The number of benzene rings is 1. The zero-order valence-corrected chi connectivity index (χ0v) is 15.9. The number of piperidine rings is 1. The molecule has 1 aliphatic heterocycles. The van der Waals surface area contributed by atoms with E-state index in [1.165, 1.54) is 17.5 Å². The second-order valence-electron chi connectivity index (χ2n) is 7.43. The maximum atomic E-state index is 12.5. The van der Waals surface area contributed by atoms with Crippen molar-refractivity contribution in [1.82, 2.24) is 9.88 Å². The zero-order valence-electron chi connectivity index (χ0n) is 15.9. The zero-order chi connectivity index (χ0) is 19.3. The molecule has 1 aliphatic carbocycles. The number of likely N-dealkylation sites (tertiary alicyclic amines) is 1. The van der Waals surface area contributed by atoms with Gasteiger partial charge in [0.25, 0.3) is 5.91 Å². The molecule has 1 saturated heterocycles. The lowest BCUT2D eigenvalue weighted by Gasteiger charge is -2.31. The molecule has 1 fully saturated rings. The first-order valence-electron chi connectivity index (χ1n) is 9.93. The van der Waals surface area contributed by atoms with Gasteiger partial charge in [0, 0.05) is 25.2 Å². The Morgan fingerprint density at radius 2 is 1.93 bits per heavy atom. The number of fused-ring (bicyclic) bond motifs is 1. The molecule has 28 heavy (non-hydrogen) atoms. The standard InChI is InChI=1S/C22H25N3O3/c26-21(15-28-19-8-7-16-4-3-5-18(16)14-19)25-12-9-17(10-13-25)22(27)24-20-6-1-2-11-23-20/h1-2,6-8,11,14,17H,3-5,9-10,12-13,15H2,(H,23,24,27). The number of aryl methyl sites for hydroxylation is 2. The lowest BCUT2D eigenvalue weighted by atomic mass is 9.96. The molecule has 0 radical (unpaired) electrons. The van der Waals surface area contributed by atoms with E-state index in [1.54, 1.807) is 17.2 Å². The fraction of sp³-hybridized carbons (Fsp3) is 0.409. The average Bonchev–Trinajstić information content (AvgIpc) is 3.21. The van der Waals surface area contributed by atoms with Gasteiger partial charge in [0.1, 0.15) is 11.6 Å². The number of ether oxygens (including phenoxy) is 1. The van der Waals surface area contributed by atoms with Crippen LogP contribution < -0.4 is 10.1 Å². The number of nitrogens with one attached hydrogen (secondary N) is 1. The van der Waals surface area contributed by atoms with Crippen molar-refractivity contribution in [2.75, 3.05) is 25.0 Å². The van der Waals surface area contributed by atoms with Gasteiger partial charge >= 0.3 is 0 Å². The van der Waals surface area contributed by atoms with E-state index in [4.69, 9.17) is 4.74 Å². The molecule has 1 N–H and O–H groups in total. The van der Waals surface area contributed by atoms with Crippen molar-refractivity contribution < 1.29 is 14.3 Å². The number of hydrogen-bond donors (Lipinski definition) is 1. The highest BCUT2D eigenvalue weighted by molar-refractivity contribution is 5.91. The van der Waals surface area contributed by atoms with Crippen molar-refractivity contribution in [2.24, 2.45) is 5.92 Å². The Labute approximate surface area is 164 Å². The molecule has 2 aliphatic rings. The molecule has 1 aromatic carbocycles. The highest BCUT2D eigenvalue weighted by Gasteiger charge is 2.27. The molecule has 0 bridgehead atoms. The lowest BCUT2D eigenvalue weighted by Crippen LogP contribution is -2.43. The molecule has 1 aromatic heterocycles. The molecule has 6 heteroatoms. The number of rotatable bonds is 5. The smallest absolute Gasteiger partial charge is 0.260 e. The molecule has 0 atom stereocenters. The first kappa shape index (κ1) is 18.5. The van der Waals surface area contributed by atoms with Crippen LogP contribution in [0, 0.1) is 5.92 Å². The summed E-state index contributed by atoms with van der Waals surface area (Å²) in [6.07, 6.45) is 6.39. The second-order valence-corrected chi connectivity index (χ2v) is 7.43. The van der Waals surface area contributed by atoms with Crippen molar-refractivity contribution in [2.45, 2.75) is 32.1 Å². The average molecular weight is 379 g/mol. The van der Waals surface area contributed by atoms with Crippen LogP contribution in [-0.4, -0.2) is 41.4 Å². The molecule has 0 unspecified atom stereocenters. The Balaban J connectivity index is 1.23. The maximum absolute atomic E-state index is 12.5. The predicted molar refractivity (Wildman–Crippen MR) is 106 cm³/mol. The fourth-order valence-corrected chi connectivity index (χ4v) is 3.93. The quantitative estimate of drug-likeness (QED) is 0.867. The van der Waals surface area contributed by atoms with Gasteiger partial charge in [0.05, 0.1) is 0 Å². The Kier molecular flexibility index (Phi) is 5.55. The van der Waals surface area contributed by atoms with Gasteiger partial charge < -0.3 is 15.0 Å². The first-order chi connectivity index (χ1) is 13.7. The summed E-state index contributed by atoms with van der Waals surface area (Å²) in [5.74, 6) is 1.18. The Bertz CT molecular complexity index is 845. The third-order valence-corrected chi connectivity index (χ3v) is 5.57. The summed E-state index contributed by atoms with van der Waals surface area (Å²) in [7, 11) is 0. The number of anilines is 1. The van der Waals surface area contributed by atoms with Crippen molar-refractivity contribution >= 4 is 17.6 Å². The largest absolute Gasteiger partial charge is 0.484 e. The van der Waals surface area contributed by atoms with Crippen LogP contribution in [0.25, 0.3) is 0 Å². The monoisotopic (exact) mass is 379 g/mol. The molecule has 6 nitrogen and oxygen atoms in total. The molecular weight excluding hydrogens is 354 g/mol. The second kappa shape index (κ2) is 8.42. The summed E-state index contributed by atoms with van der Waals surface area (Å²) in [5, 5.41) is 2.84. The van der Waals surface area contributed by atoms with Gasteiger partial charge in [-0.1, -0.05) is 12.1 Å². The summed E-state index contributed by atoms with van der Waals surface area (Å²) in [6, 6.07) is 11.5. The highest BCUT2D eigenvalue weighted by Crippen LogP contribution is 2.26. The van der Waals surface area contributed by atoms with Crippen molar-refractivity contribution in [3.05, 3.63) is 53.7 Å². The molecule has 4 rings (SSSR count). The number of nitrogens with zero attached hydrogens (tertiary/aromatic N) is 2. The molecule has 2 heterocycles. The van der Waals surface area contributed by atoms with Crippen LogP contribution in [0.4, 0.5) is 5.82 Å². The Morgan fingerprint density at radius 3 is 2.71 bits per heavy atom. The van der Waals surface area contributed by atoms with Gasteiger partial charge in [0.15, 0.2) is 6.61 Å². The predicted octanol–water partition coefficient (Wildman–Crippen LogP) is 2.83. The van der Waals surface area contributed by atoms with E-state index < -0.39 is 0 Å². The van der Waals surface area contributed by atoms with E-state index >= 15 is 0 Å². The minimum atomic E-state index is -0.0938. The van der Waals surface area contributed by atoms with Crippen molar-refractivity contribution in [1.29, 1.82) is 0 Å². The SMILES string of the molecule is O=C(Nc1ccccn1)C1CCN(C(=O)COc2ccc3c(c2)CCC3)CC1. The van der Waals surface area contributed by atoms with Gasteiger partial charge in [0.2, 0.25) is 5.91 Å². The van der Waals surface area contributed by atoms with Gasteiger partial charge in [-0.25, -0.2) is 4.98 Å². The number of pyridine rings is 1. The molecule has 0 spiro atoms. The van der Waals surface area contributed by atoms with Gasteiger partial charge in [-0.2, -0.15) is 0 Å². The number of carbonyl (C=O) groups excluding carboxylic acids is 2. The van der Waals surface area contributed by atoms with E-state index in [9.17, 15) is 9.59 Å². The summed E-state index contributed by atoms with van der Waals surface area (Å²) in [6.45, 7) is 1.20. The number of aromatic nitrogens is 1. The molecule has 0 saturated carbocycles. The molecule has 2 amide bonds. The minimum absolute atomic E-state index is 0.0240. The van der Waals surface area contributed by atoms with Crippen LogP contribution in [0.1, 0.15) is 30.4 Å². The van der Waals surface area contributed by atoms with Crippen molar-refractivity contribution in [3.8, 4) is 5.75 Å². The Hall–Kier alpha value is -2.89. The topological polar surface area (TPSA) is 71.5 Å². The van der Waals surface area contributed by atoms with Gasteiger partial charge in [-0.3, -0.25) is 9.59 Å². The molecule has 2 aromatic rings. The van der Waals surface area contributed by atoms with E-state index in [0.717, 1.165) is 18.6 Å². The fourth-order valence-electron chi connectivity index (χ4n) is 3.93. The number of carbonyl (C=O) groups is 2. The summed E-state index contributed by atoms with van der Waals surface area (Å²) < 4.78 is 5.72. The minimum Gasteiger partial charge on any atom is -0.484 e. The van der Waals surface area contributed by atoms with Crippen LogP contribution in [0.2, 0.25) is 0 Å². The van der Waals surface area contributed by atoms with Crippen LogP contribution in [0.15, 0.2) is 42.6 Å². The van der Waals surface area contributed by atoms with Crippen LogP contribution in [-0.2, 0) is 22.4 Å². The maximum Gasteiger partial charge on any atom is 0.260 e. The van der Waals surface area contributed by atoms with Crippen molar-refractivity contribution in [3.63, 3.8) is 0 Å². The highest BCUT2D eigenvalue weighted by atomic mass is 16.5. The van der Waals surface area contributed by atoms with E-state index in [0.29, 0.717) is 31.7 Å². The Morgan fingerprint density at radius 1 is 1.11 bits per heavy atom. The summed E-state index contributed by atoms with van der Waals surface area (Å²) in [4.78, 5) is 30.7. The molecule has 146 valence electrons. The normalized spacial score (nSPS) is 16.5.